The van der Waals surface area contributed by atoms with Crippen LogP contribution in [0, 0.1) is 5.82 Å². The summed E-state index contributed by atoms with van der Waals surface area (Å²) in [7, 11) is 0. The van der Waals surface area contributed by atoms with E-state index in [9.17, 15) is 26.3 Å². The van der Waals surface area contributed by atoms with Crippen LogP contribution in [0.1, 0.15) is 42.5 Å². The van der Waals surface area contributed by atoms with Gasteiger partial charge in [-0.25, -0.2) is 4.39 Å². The third-order valence-corrected chi connectivity index (χ3v) is 4.95. The molecule has 0 fully saturated rings. The van der Waals surface area contributed by atoms with Gasteiger partial charge in [0.25, 0.3) is 0 Å². The van der Waals surface area contributed by atoms with E-state index in [0.29, 0.717) is 16.7 Å². The molecule has 3 aromatic rings. The summed E-state index contributed by atoms with van der Waals surface area (Å²) in [6.45, 7) is 3.65. The van der Waals surface area contributed by atoms with E-state index in [1.807, 2.05) is 6.92 Å². The minimum atomic E-state index is -4.99. The third-order valence-electron chi connectivity index (χ3n) is 4.95. The smallest absolute Gasteiger partial charge is 0.429 e. The molecule has 34 heavy (non-hydrogen) atoms. The monoisotopic (exact) mass is 480 g/mol. The van der Waals surface area contributed by atoms with Gasteiger partial charge in [-0.2, -0.15) is 8.78 Å². The van der Waals surface area contributed by atoms with E-state index in [0.717, 1.165) is 30.5 Å². The molecule has 0 aliphatic rings. The number of halogens is 6. The Hall–Kier alpha value is -3.42. The van der Waals surface area contributed by atoms with Crippen LogP contribution in [0.15, 0.2) is 66.7 Å². The van der Waals surface area contributed by atoms with Crippen LogP contribution in [0.5, 0.6) is 11.5 Å². The largest absolute Gasteiger partial charge is 0.573 e. The summed E-state index contributed by atoms with van der Waals surface area (Å²) >= 11 is 0. The van der Waals surface area contributed by atoms with Crippen molar-refractivity contribution in [1.29, 1.82) is 0 Å². The molecule has 3 rings (SSSR count). The van der Waals surface area contributed by atoms with Crippen molar-refractivity contribution in [2.24, 2.45) is 0 Å². The normalized spacial score (nSPS) is 12.5. The molecule has 0 atom stereocenters. The SMILES string of the molecule is CCCc1ccc(C(F)(F)Oc2ccc(/C=C(\C)c3ccc(OC(F)(F)F)c(F)c3)cc2)cc1. The van der Waals surface area contributed by atoms with Crippen LogP contribution in [0.25, 0.3) is 11.6 Å². The molecule has 0 heterocycles. The van der Waals surface area contributed by atoms with Gasteiger partial charge >= 0.3 is 12.5 Å². The lowest BCUT2D eigenvalue weighted by molar-refractivity contribution is -0.275. The van der Waals surface area contributed by atoms with E-state index in [1.54, 1.807) is 25.1 Å². The highest BCUT2D eigenvalue weighted by Crippen LogP contribution is 2.33. The number of benzene rings is 3. The summed E-state index contributed by atoms with van der Waals surface area (Å²) in [5.41, 5.74) is 2.20. The van der Waals surface area contributed by atoms with E-state index in [1.165, 1.54) is 42.5 Å². The predicted octanol–water partition coefficient (Wildman–Crippen LogP) is 8.37. The Labute approximate surface area is 193 Å². The van der Waals surface area contributed by atoms with Crippen LogP contribution in [0.2, 0.25) is 0 Å². The number of alkyl halides is 5. The number of allylic oxidation sites excluding steroid dienone is 1. The maximum atomic E-state index is 14.5. The molecule has 0 aromatic heterocycles. The lowest BCUT2D eigenvalue weighted by Crippen LogP contribution is -2.21. The van der Waals surface area contributed by atoms with Gasteiger partial charge in [0.05, 0.1) is 5.56 Å². The van der Waals surface area contributed by atoms with Crippen molar-refractivity contribution in [3.8, 4) is 11.5 Å². The third kappa shape index (κ3) is 6.79. The second-order valence-electron chi connectivity index (χ2n) is 7.66. The topological polar surface area (TPSA) is 18.5 Å². The van der Waals surface area contributed by atoms with Crippen molar-refractivity contribution in [3.63, 3.8) is 0 Å². The number of hydrogen-bond acceptors (Lipinski definition) is 2. The van der Waals surface area contributed by atoms with E-state index >= 15 is 0 Å². The Balaban J connectivity index is 1.70. The van der Waals surface area contributed by atoms with Gasteiger partial charge in [-0.1, -0.05) is 49.8 Å². The first-order valence-corrected chi connectivity index (χ1v) is 10.5. The van der Waals surface area contributed by atoms with Crippen LogP contribution in [0.4, 0.5) is 26.3 Å². The van der Waals surface area contributed by atoms with Gasteiger partial charge in [-0.15, -0.1) is 13.2 Å². The van der Waals surface area contributed by atoms with Crippen molar-refractivity contribution in [2.45, 2.75) is 39.2 Å². The molecule has 0 amide bonds. The first-order chi connectivity index (χ1) is 16.0. The molecule has 180 valence electrons. The summed E-state index contributed by atoms with van der Waals surface area (Å²) in [5, 5.41) is 0. The molecule has 0 radical (unpaired) electrons. The zero-order chi connectivity index (χ0) is 24.9. The number of aryl methyl sites for hydroxylation is 1. The van der Waals surface area contributed by atoms with Crippen molar-refractivity contribution in [2.75, 3.05) is 0 Å². The summed E-state index contributed by atoms with van der Waals surface area (Å²) in [5.74, 6) is -2.13. The van der Waals surface area contributed by atoms with Crippen molar-refractivity contribution >= 4 is 11.6 Å². The predicted molar refractivity (Wildman–Crippen MR) is 118 cm³/mol. The van der Waals surface area contributed by atoms with E-state index in [4.69, 9.17) is 4.74 Å². The summed E-state index contributed by atoms with van der Waals surface area (Å²) in [6, 6.07) is 14.9. The molecule has 0 N–H and O–H groups in total. The van der Waals surface area contributed by atoms with Crippen LogP contribution in [0.3, 0.4) is 0 Å². The molecule has 0 saturated carbocycles. The molecule has 0 saturated heterocycles. The van der Waals surface area contributed by atoms with Crippen LogP contribution >= 0.6 is 0 Å². The Morgan fingerprint density at radius 3 is 2.06 bits per heavy atom. The molecule has 8 heteroatoms. The van der Waals surface area contributed by atoms with Gasteiger partial charge in [0.15, 0.2) is 11.6 Å². The summed E-state index contributed by atoms with van der Waals surface area (Å²) in [4.78, 5) is 0. The highest BCUT2D eigenvalue weighted by Gasteiger charge is 2.34. The fraction of sp³-hybridized carbons (Fsp3) is 0.231. The minimum absolute atomic E-state index is 0.0443. The first kappa shape index (κ1) is 25.2. The number of hydrogen-bond donors (Lipinski definition) is 0. The maximum Gasteiger partial charge on any atom is 0.573 e. The molecule has 0 aliphatic heterocycles. The van der Waals surface area contributed by atoms with Crippen LogP contribution in [-0.2, 0) is 12.5 Å². The zero-order valence-corrected chi connectivity index (χ0v) is 18.4. The highest BCUT2D eigenvalue weighted by atomic mass is 19.4. The molecule has 3 aromatic carbocycles. The van der Waals surface area contributed by atoms with Gasteiger partial charge < -0.3 is 9.47 Å². The fourth-order valence-corrected chi connectivity index (χ4v) is 3.28. The van der Waals surface area contributed by atoms with E-state index in [-0.39, 0.29) is 11.3 Å². The quantitative estimate of drug-likeness (QED) is 0.238. The van der Waals surface area contributed by atoms with Crippen LogP contribution < -0.4 is 9.47 Å². The highest BCUT2D eigenvalue weighted by molar-refractivity contribution is 5.80. The van der Waals surface area contributed by atoms with Gasteiger partial charge in [0.1, 0.15) is 5.75 Å². The molecule has 2 nitrogen and oxygen atoms in total. The second-order valence-corrected chi connectivity index (χ2v) is 7.66. The molecule has 0 unspecified atom stereocenters. The van der Waals surface area contributed by atoms with E-state index < -0.39 is 24.0 Å². The average molecular weight is 480 g/mol. The Kier molecular flexibility index (Phi) is 7.59. The minimum Gasteiger partial charge on any atom is -0.429 e. The maximum absolute atomic E-state index is 14.5. The van der Waals surface area contributed by atoms with Gasteiger partial charge in [-0.05, 0) is 72.0 Å². The van der Waals surface area contributed by atoms with Crippen molar-refractivity contribution in [1.82, 2.24) is 0 Å². The standard InChI is InChI=1S/C26H22F6O2/c1-3-4-18-5-10-21(11-6-18)25(28,29)33-22-12-7-19(8-13-22)15-17(2)20-9-14-24(23(27)16-20)34-26(30,31)32/h5-16H,3-4H2,1-2H3/b17-15+. The van der Waals surface area contributed by atoms with Gasteiger partial charge in [-0.3, -0.25) is 0 Å². The fourth-order valence-electron chi connectivity index (χ4n) is 3.28. The summed E-state index contributed by atoms with van der Waals surface area (Å²) in [6.07, 6.45) is -5.16. The molecular formula is C26H22F6O2. The second kappa shape index (κ2) is 10.2. The Morgan fingerprint density at radius 1 is 0.853 bits per heavy atom. The van der Waals surface area contributed by atoms with Crippen molar-refractivity contribution in [3.05, 3.63) is 94.8 Å². The van der Waals surface area contributed by atoms with Crippen molar-refractivity contribution < 1.29 is 35.8 Å². The first-order valence-electron chi connectivity index (χ1n) is 10.5. The molecule has 0 spiro atoms. The Morgan fingerprint density at radius 2 is 1.50 bits per heavy atom. The average Bonchev–Trinajstić information content (AvgIpc) is 2.76. The zero-order valence-electron chi connectivity index (χ0n) is 18.4. The van der Waals surface area contributed by atoms with Gasteiger partial charge in [0.2, 0.25) is 0 Å². The molecular weight excluding hydrogens is 458 g/mol. The molecule has 0 bridgehead atoms. The molecule has 0 aliphatic carbocycles. The summed E-state index contributed by atoms with van der Waals surface area (Å²) < 4.78 is 88.3. The van der Waals surface area contributed by atoms with Crippen LogP contribution in [-0.4, -0.2) is 6.36 Å². The van der Waals surface area contributed by atoms with E-state index in [2.05, 4.69) is 4.74 Å². The number of rotatable bonds is 8. The Bertz CT molecular complexity index is 1130. The number of ether oxygens (including phenoxy) is 2. The van der Waals surface area contributed by atoms with Gasteiger partial charge in [0, 0.05) is 0 Å². The lowest BCUT2D eigenvalue weighted by Gasteiger charge is -2.18. The lowest BCUT2D eigenvalue weighted by atomic mass is 10.0.